The Morgan fingerprint density at radius 2 is 1.74 bits per heavy atom. The van der Waals surface area contributed by atoms with Crippen molar-refractivity contribution in [1.29, 1.82) is 0 Å². The quantitative estimate of drug-likeness (QED) is 0.392. The molecule has 0 radical (unpaired) electrons. The average Bonchev–Trinajstić information content (AvgIpc) is 3.41. The highest BCUT2D eigenvalue weighted by molar-refractivity contribution is 6.20. The van der Waals surface area contributed by atoms with Crippen molar-refractivity contribution in [3.8, 4) is 0 Å². The highest BCUT2D eigenvalue weighted by Crippen LogP contribution is 2.34. The van der Waals surface area contributed by atoms with Crippen LogP contribution >= 0.6 is 0 Å². The molecule has 4 N–H and O–H groups in total. The summed E-state index contributed by atoms with van der Waals surface area (Å²) in [6, 6.07) is 20.8. The number of hydrogen-bond acceptors (Lipinski definition) is 5. The standard InChI is InChI=1S/C29H26N6O4/c1-35-23-10-6-5-9-21(23)24(17-7-3-2-4-8-17)32-22(25(35)36)16-30-27(38)31-20-12-11-18-14-29(15-19(18)13-20)26(37)33-28(39)34-29/h2-13,22H,14-16H2,1H3,(H2,30,31,38)(H2,33,34,37,39). The number of rotatable bonds is 4. The van der Waals surface area contributed by atoms with Gasteiger partial charge in [0.2, 0.25) is 0 Å². The number of amides is 6. The summed E-state index contributed by atoms with van der Waals surface area (Å²) < 4.78 is 0. The predicted octanol–water partition coefficient (Wildman–Crippen LogP) is 2.37. The first-order chi connectivity index (χ1) is 18.8. The first-order valence-electron chi connectivity index (χ1n) is 12.6. The molecule has 1 saturated heterocycles. The summed E-state index contributed by atoms with van der Waals surface area (Å²) in [5, 5.41) is 10.6. The maximum atomic E-state index is 13.3. The molecule has 1 aliphatic carbocycles. The Morgan fingerprint density at radius 1 is 1.00 bits per heavy atom. The van der Waals surface area contributed by atoms with Crippen LogP contribution in [0.4, 0.5) is 21.0 Å². The highest BCUT2D eigenvalue weighted by Gasteiger charge is 2.50. The Balaban J connectivity index is 1.18. The number of carbonyl (C=O) groups is 4. The molecule has 0 aromatic heterocycles. The molecule has 3 aromatic carbocycles. The lowest BCUT2D eigenvalue weighted by molar-refractivity contribution is -0.123. The Kier molecular flexibility index (Phi) is 5.86. The van der Waals surface area contributed by atoms with Gasteiger partial charge in [0.25, 0.3) is 11.8 Å². The molecule has 2 aliphatic heterocycles. The van der Waals surface area contributed by atoms with Crippen LogP contribution in [0.1, 0.15) is 22.3 Å². The van der Waals surface area contributed by atoms with Gasteiger partial charge in [-0.15, -0.1) is 0 Å². The molecule has 0 bridgehead atoms. The Labute approximate surface area is 224 Å². The van der Waals surface area contributed by atoms with Crippen molar-refractivity contribution in [2.24, 2.45) is 4.99 Å². The van der Waals surface area contributed by atoms with Crippen molar-refractivity contribution in [2.75, 3.05) is 23.8 Å². The van der Waals surface area contributed by atoms with Gasteiger partial charge in [-0.1, -0.05) is 54.6 Å². The van der Waals surface area contributed by atoms with Crippen LogP contribution in [0.15, 0.2) is 77.8 Å². The van der Waals surface area contributed by atoms with Crippen LogP contribution in [0, 0.1) is 0 Å². The summed E-state index contributed by atoms with van der Waals surface area (Å²) in [5.74, 6) is -0.569. The average molecular weight is 523 g/mol. The van der Waals surface area contributed by atoms with Gasteiger partial charge in [0.15, 0.2) is 0 Å². The number of imide groups is 1. The highest BCUT2D eigenvalue weighted by atomic mass is 16.2. The Hall–Kier alpha value is -4.99. The van der Waals surface area contributed by atoms with E-state index >= 15 is 0 Å². The van der Waals surface area contributed by atoms with Crippen LogP contribution in [0.25, 0.3) is 0 Å². The Morgan fingerprint density at radius 3 is 2.51 bits per heavy atom. The van der Waals surface area contributed by atoms with E-state index in [1.54, 1.807) is 24.1 Å². The van der Waals surface area contributed by atoms with Crippen LogP contribution in [0.2, 0.25) is 0 Å². The smallest absolute Gasteiger partial charge is 0.322 e. The lowest BCUT2D eigenvalue weighted by Crippen LogP contribution is -2.47. The molecule has 1 fully saturated rings. The molecule has 10 nitrogen and oxygen atoms in total. The maximum Gasteiger partial charge on any atom is 0.322 e. The molecule has 6 amide bonds. The summed E-state index contributed by atoms with van der Waals surface area (Å²) in [4.78, 5) is 56.5. The van der Waals surface area contributed by atoms with E-state index in [9.17, 15) is 19.2 Å². The fourth-order valence-corrected chi connectivity index (χ4v) is 5.44. The fraction of sp³-hybridized carbons (Fsp3) is 0.207. The van der Waals surface area contributed by atoms with Crippen LogP contribution < -0.4 is 26.2 Å². The summed E-state index contributed by atoms with van der Waals surface area (Å²) in [6.45, 7) is -0.000413. The second kappa shape index (κ2) is 9.39. The van der Waals surface area contributed by atoms with Gasteiger partial charge in [0.1, 0.15) is 11.6 Å². The van der Waals surface area contributed by atoms with Crippen LogP contribution in [-0.2, 0) is 22.4 Å². The summed E-state index contributed by atoms with van der Waals surface area (Å²) >= 11 is 0. The van der Waals surface area contributed by atoms with E-state index in [0.717, 1.165) is 27.9 Å². The van der Waals surface area contributed by atoms with Crippen LogP contribution in [0.5, 0.6) is 0 Å². The first kappa shape index (κ1) is 24.4. The van der Waals surface area contributed by atoms with E-state index in [-0.39, 0.29) is 18.4 Å². The third-order valence-corrected chi connectivity index (χ3v) is 7.39. The van der Waals surface area contributed by atoms with Gasteiger partial charge in [-0.2, -0.15) is 0 Å². The van der Waals surface area contributed by atoms with Gasteiger partial charge in [-0.25, -0.2) is 9.59 Å². The zero-order valence-electron chi connectivity index (χ0n) is 21.2. The lowest BCUT2D eigenvalue weighted by atomic mass is 9.96. The molecular weight excluding hydrogens is 496 g/mol. The van der Waals surface area contributed by atoms with Gasteiger partial charge >= 0.3 is 12.1 Å². The number of fused-ring (bicyclic) bond motifs is 2. The third kappa shape index (κ3) is 4.39. The molecule has 2 unspecified atom stereocenters. The topological polar surface area (TPSA) is 132 Å². The largest absolute Gasteiger partial charge is 0.335 e. The van der Waals surface area contributed by atoms with E-state index in [2.05, 4.69) is 21.3 Å². The van der Waals surface area contributed by atoms with Crippen molar-refractivity contribution in [3.05, 3.63) is 95.1 Å². The molecule has 6 rings (SSSR count). The number of benzene rings is 3. The minimum absolute atomic E-state index is 0.000413. The molecule has 3 aliphatic rings. The summed E-state index contributed by atoms with van der Waals surface area (Å²) in [5.41, 5.74) is 4.54. The van der Waals surface area contributed by atoms with Gasteiger partial charge in [0, 0.05) is 36.7 Å². The van der Waals surface area contributed by atoms with Gasteiger partial charge in [0.05, 0.1) is 17.9 Å². The number of likely N-dealkylation sites (N-methyl/N-ethyl adjacent to an activating group) is 1. The van der Waals surface area contributed by atoms with E-state index in [1.165, 1.54) is 0 Å². The van der Waals surface area contributed by atoms with Gasteiger partial charge in [-0.3, -0.25) is 19.9 Å². The van der Waals surface area contributed by atoms with Crippen molar-refractivity contribution < 1.29 is 19.2 Å². The molecule has 196 valence electrons. The molecule has 10 heteroatoms. The maximum absolute atomic E-state index is 13.3. The SMILES string of the molecule is CN1C(=O)C(CNC(=O)Nc2ccc3c(c2)CC2(C3)NC(=O)NC2=O)N=C(c2ccccc2)c2ccccc21. The summed E-state index contributed by atoms with van der Waals surface area (Å²) in [6.07, 6.45) is 0.741. The molecule has 39 heavy (non-hydrogen) atoms. The van der Waals surface area contributed by atoms with Crippen molar-refractivity contribution in [1.82, 2.24) is 16.0 Å². The van der Waals surface area contributed by atoms with E-state index in [1.807, 2.05) is 60.7 Å². The molecule has 1 spiro atoms. The molecule has 2 atom stereocenters. The van der Waals surface area contributed by atoms with Crippen molar-refractivity contribution >= 4 is 41.0 Å². The normalized spacial score (nSPS) is 21.5. The van der Waals surface area contributed by atoms with Gasteiger partial charge in [-0.05, 0) is 29.3 Å². The molecule has 2 heterocycles. The monoisotopic (exact) mass is 522 g/mol. The predicted molar refractivity (Wildman–Crippen MR) is 146 cm³/mol. The number of para-hydroxylation sites is 1. The molecular formula is C29H26N6O4. The van der Waals surface area contributed by atoms with Gasteiger partial charge < -0.3 is 20.9 Å². The van der Waals surface area contributed by atoms with E-state index < -0.39 is 23.6 Å². The van der Waals surface area contributed by atoms with E-state index in [4.69, 9.17) is 4.99 Å². The number of anilines is 2. The van der Waals surface area contributed by atoms with Crippen LogP contribution in [-0.4, -0.2) is 54.8 Å². The Bertz CT molecular complexity index is 1550. The van der Waals surface area contributed by atoms with E-state index in [0.29, 0.717) is 24.2 Å². The second-order valence-corrected chi connectivity index (χ2v) is 9.94. The number of nitrogens with one attached hydrogen (secondary N) is 4. The third-order valence-electron chi connectivity index (χ3n) is 7.39. The van der Waals surface area contributed by atoms with Crippen molar-refractivity contribution in [2.45, 2.75) is 24.4 Å². The molecule has 0 saturated carbocycles. The summed E-state index contributed by atoms with van der Waals surface area (Å²) in [7, 11) is 1.71. The number of urea groups is 2. The lowest BCUT2D eigenvalue weighted by Gasteiger charge is -2.20. The van der Waals surface area contributed by atoms with Crippen LogP contribution in [0.3, 0.4) is 0 Å². The minimum atomic E-state index is -0.974. The minimum Gasteiger partial charge on any atom is -0.335 e. The fourth-order valence-electron chi connectivity index (χ4n) is 5.44. The number of benzodiazepines with no additional fused rings is 1. The zero-order valence-corrected chi connectivity index (χ0v) is 21.2. The number of hydrogen-bond donors (Lipinski definition) is 4. The zero-order chi connectivity index (χ0) is 27.1. The second-order valence-electron chi connectivity index (χ2n) is 9.94. The van der Waals surface area contributed by atoms with Crippen molar-refractivity contribution in [3.63, 3.8) is 0 Å². The number of carbonyl (C=O) groups excluding carboxylic acids is 4. The molecule has 3 aromatic rings. The first-order valence-corrected chi connectivity index (χ1v) is 12.6. The number of aliphatic imine (C=N–C) groups is 1. The number of nitrogens with zero attached hydrogens (tertiary/aromatic N) is 2.